The van der Waals surface area contributed by atoms with Crippen molar-refractivity contribution in [2.45, 2.75) is 71.9 Å². The number of nitrogens with two attached hydrogens (primary N) is 1. The normalized spacial score (nSPS) is 17.2. The Morgan fingerprint density at radius 1 is 1.08 bits per heavy atom. The van der Waals surface area contributed by atoms with E-state index in [4.69, 9.17) is 10.3 Å². The summed E-state index contributed by atoms with van der Waals surface area (Å²) in [5, 5.41) is 13.8. The van der Waals surface area contributed by atoms with Crippen LogP contribution in [0.5, 0.6) is 0 Å². The van der Waals surface area contributed by atoms with E-state index < -0.39 is 11.4 Å². The molecule has 1 aromatic heterocycles. The molecule has 0 bridgehead atoms. The summed E-state index contributed by atoms with van der Waals surface area (Å²) in [5.41, 5.74) is 9.68. The van der Waals surface area contributed by atoms with Gasteiger partial charge in [-0.15, -0.1) is 0 Å². The van der Waals surface area contributed by atoms with Crippen molar-refractivity contribution in [2.24, 2.45) is 17.1 Å². The van der Waals surface area contributed by atoms with E-state index in [2.05, 4.69) is 53.2 Å². The molecule has 1 saturated heterocycles. The van der Waals surface area contributed by atoms with Crippen LogP contribution in [0.25, 0.3) is 22.8 Å². The zero-order chi connectivity index (χ0) is 26.8. The first-order valence-electron chi connectivity index (χ1n) is 13.2. The average molecular weight is 505 g/mol. The molecule has 37 heavy (non-hydrogen) atoms. The molecule has 1 aliphatic heterocycles. The molecule has 0 spiro atoms. The van der Waals surface area contributed by atoms with Crippen molar-refractivity contribution < 1.29 is 14.4 Å². The second kappa shape index (κ2) is 10.8. The number of aromatic nitrogens is 2. The van der Waals surface area contributed by atoms with Crippen molar-refractivity contribution in [1.82, 2.24) is 15.0 Å². The van der Waals surface area contributed by atoms with Crippen LogP contribution in [-0.2, 0) is 11.2 Å². The molecule has 1 unspecified atom stereocenters. The Bertz CT molecular complexity index is 1180. The number of nitrogens with zero attached hydrogens (tertiary/aromatic N) is 3. The third kappa shape index (κ3) is 6.65. The van der Waals surface area contributed by atoms with Gasteiger partial charge in [0.15, 0.2) is 0 Å². The molecule has 7 nitrogen and oxygen atoms in total. The molecule has 1 fully saturated rings. The maximum atomic E-state index is 11.7. The number of likely N-dealkylation sites (tertiary alicyclic amines) is 1. The highest BCUT2D eigenvalue weighted by atomic mass is 16.5. The zero-order valence-corrected chi connectivity index (χ0v) is 22.7. The number of carboxylic acids is 1. The molecule has 1 atom stereocenters. The molecule has 0 saturated carbocycles. The first kappa shape index (κ1) is 27.0. The summed E-state index contributed by atoms with van der Waals surface area (Å²) in [7, 11) is 0. The zero-order valence-electron chi connectivity index (χ0n) is 22.7. The molecule has 0 aliphatic carbocycles. The number of aliphatic carboxylic acids is 1. The van der Waals surface area contributed by atoms with Gasteiger partial charge in [0.05, 0.1) is 5.41 Å². The Morgan fingerprint density at radius 3 is 2.22 bits per heavy atom. The van der Waals surface area contributed by atoms with Gasteiger partial charge in [0.25, 0.3) is 5.89 Å². The number of rotatable bonds is 9. The largest absolute Gasteiger partial charge is 0.481 e. The Morgan fingerprint density at radius 2 is 1.68 bits per heavy atom. The quantitative estimate of drug-likeness (QED) is 0.370. The van der Waals surface area contributed by atoms with Crippen LogP contribution < -0.4 is 5.73 Å². The van der Waals surface area contributed by atoms with E-state index in [1.165, 1.54) is 5.56 Å². The van der Waals surface area contributed by atoms with E-state index in [0.717, 1.165) is 42.6 Å². The topological polar surface area (TPSA) is 105 Å². The molecule has 3 N–H and O–H groups in total. The minimum atomic E-state index is -0.710. The lowest BCUT2D eigenvalue weighted by molar-refractivity contribution is -0.151. The summed E-state index contributed by atoms with van der Waals surface area (Å²) in [6.07, 6.45) is 3.08. The van der Waals surface area contributed by atoms with Gasteiger partial charge in [-0.25, -0.2) is 0 Å². The van der Waals surface area contributed by atoms with Crippen LogP contribution in [0.1, 0.15) is 71.0 Å². The van der Waals surface area contributed by atoms with E-state index in [1.54, 1.807) is 0 Å². The van der Waals surface area contributed by atoms with Gasteiger partial charge in [-0.05, 0) is 88.7 Å². The van der Waals surface area contributed by atoms with Crippen molar-refractivity contribution in [2.75, 3.05) is 13.1 Å². The summed E-state index contributed by atoms with van der Waals surface area (Å²) in [6.45, 7) is 11.8. The van der Waals surface area contributed by atoms with Crippen molar-refractivity contribution >= 4 is 5.97 Å². The fourth-order valence-corrected chi connectivity index (χ4v) is 5.07. The van der Waals surface area contributed by atoms with Crippen molar-refractivity contribution in [1.29, 1.82) is 0 Å². The second-order valence-electron chi connectivity index (χ2n) is 12.0. The molecular formula is C30H40N4O3. The second-order valence-corrected chi connectivity index (χ2v) is 12.0. The molecule has 3 aromatic rings. The molecule has 1 aliphatic rings. The predicted molar refractivity (Wildman–Crippen MR) is 146 cm³/mol. The lowest BCUT2D eigenvalue weighted by Gasteiger charge is -2.42. The molecule has 7 heteroatoms. The first-order valence-corrected chi connectivity index (χ1v) is 13.2. The summed E-state index contributed by atoms with van der Waals surface area (Å²) in [5.74, 6) is 0.962. The minimum absolute atomic E-state index is 0.109. The van der Waals surface area contributed by atoms with Gasteiger partial charge in [0.2, 0.25) is 5.82 Å². The van der Waals surface area contributed by atoms with Gasteiger partial charge in [-0.1, -0.05) is 55.4 Å². The monoisotopic (exact) mass is 504 g/mol. The highest BCUT2D eigenvalue weighted by molar-refractivity contribution is 5.74. The Balaban J connectivity index is 1.50. The molecule has 2 heterocycles. The maximum absolute atomic E-state index is 11.7. The van der Waals surface area contributed by atoms with Crippen LogP contribution in [0.15, 0.2) is 53.1 Å². The van der Waals surface area contributed by atoms with Crippen LogP contribution in [0.3, 0.4) is 0 Å². The van der Waals surface area contributed by atoms with E-state index >= 15 is 0 Å². The molecule has 2 aromatic carbocycles. The lowest BCUT2D eigenvalue weighted by atomic mass is 9.79. The lowest BCUT2D eigenvalue weighted by Crippen LogP contribution is -2.46. The predicted octanol–water partition coefficient (Wildman–Crippen LogP) is 5.96. The van der Waals surface area contributed by atoms with Gasteiger partial charge < -0.3 is 15.4 Å². The Hall–Kier alpha value is -3.03. The number of benzene rings is 2. The van der Waals surface area contributed by atoms with Gasteiger partial charge in [0.1, 0.15) is 0 Å². The van der Waals surface area contributed by atoms with Crippen LogP contribution in [0.2, 0.25) is 0 Å². The maximum Gasteiger partial charge on any atom is 0.309 e. The van der Waals surface area contributed by atoms with Gasteiger partial charge in [-0.2, -0.15) is 4.98 Å². The summed E-state index contributed by atoms with van der Waals surface area (Å²) >= 11 is 0. The number of hydrogen-bond donors (Lipinski definition) is 2. The standard InChI is InChI=1S/C30H40N4O3/c1-20(2)18-21-6-8-24(9-7-21)27-32-26(33-37-27)23-12-10-22(11-13-23)25(19-29(3,4)31)34-16-14-30(5,15-17-34)28(35)36/h6-13,20,25H,14-19,31H2,1-5H3,(H,35,36). The molecule has 198 valence electrons. The highest BCUT2D eigenvalue weighted by Crippen LogP contribution is 2.38. The average Bonchev–Trinajstić information content (AvgIpc) is 3.33. The summed E-state index contributed by atoms with van der Waals surface area (Å²) < 4.78 is 5.57. The first-order chi connectivity index (χ1) is 17.4. The molecule has 0 radical (unpaired) electrons. The summed E-state index contributed by atoms with van der Waals surface area (Å²) in [6, 6.07) is 16.7. The van der Waals surface area contributed by atoms with Crippen LogP contribution in [0, 0.1) is 11.3 Å². The van der Waals surface area contributed by atoms with Gasteiger partial charge in [-0.3, -0.25) is 9.69 Å². The van der Waals surface area contributed by atoms with Gasteiger partial charge in [0, 0.05) is 22.7 Å². The molecular weight excluding hydrogens is 464 g/mol. The van der Waals surface area contributed by atoms with E-state index in [1.807, 2.05) is 45.0 Å². The van der Waals surface area contributed by atoms with Gasteiger partial charge >= 0.3 is 5.97 Å². The Labute approximate surface area is 220 Å². The van der Waals surface area contributed by atoms with Crippen molar-refractivity contribution in [3.05, 3.63) is 59.7 Å². The van der Waals surface area contributed by atoms with Crippen molar-refractivity contribution in [3.63, 3.8) is 0 Å². The number of piperidine rings is 1. The number of hydrogen-bond acceptors (Lipinski definition) is 6. The number of carbonyl (C=O) groups is 1. The van der Waals surface area contributed by atoms with E-state index in [-0.39, 0.29) is 11.6 Å². The van der Waals surface area contributed by atoms with Crippen molar-refractivity contribution in [3.8, 4) is 22.8 Å². The molecule has 4 rings (SSSR count). The molecule has 0 amide bonds. The van der Waals surface area contributed by atoms with Crippen LogP contribution in [-0.4, -0.2) is 44.7 Å². The van der Waals surface area contributed by atoms with Crippen LogP contribution in [0.4, 0.5) is 0 Å². The number of carboxylic acid groups (broad SMARTS) is 1. The van der Waals surface area contributed by atoms with E-state index in [0.29, 0.717) is 30.5 Å². The fourth-order valence-electron chi connectivity index (χ4n) is 5.07. The van der Waals surface area contributed by atoms with E-state index in [9.17, 15) is 9.90 Å². The smallest absolute Gasteiger partial charge is 0.309 e. The van der Waals surface area contributed by atoms with Crippen LogP contribution >= 0.6 is 0 Å². The third-order valence-electron chi connectivity index (χ3n) is 7.40. The highest BCUT2D eigenvalue weighted by Gasteiger charge is 2.39. The fraction of sp³-hybridized carbons (Fsp3) is 0.500. The SMILES string of the molecule is CC(C)Cc1ccc(-c2nc(-c3ccc(C(CC(C)(C)N)N4CCC(C)(C(=O)O)CC4)cc3)no2)cc1. The third-order valence-corrected chi connectivity index (χ3v) is 7.40. The summed E-state index contributed by atoms with van der Waals surface area (Å²) in [4.78, 5) is 18.7. The Kier molecular flexibility index (Phi) is 7.85. The minimum Gasteiger partial charge on any atom is -0.481 e.